The van der Waals surface area contributed by atoms with Crippen LogP contribution in [0.4, 0.5) is 34.1 Å². The number of pyridine rings is 2. The van der Waals surface area contributed by atoms with Gasteiger partial charge in [0.15, 0.2) is 0 Å². The van der Waals surface area contributed by atoms with E-state index in [0.717, 1.165) is 60.1 Å². The van der Waals surface area contributed by atoms with Crippen LogP contribution in [0.15, 0.2) is 181 Å². The van der Waals surface area contributed by atoms with Crippen LogP contribution in [0.2, 0.25) is 0 Å². The van der Waals surface area contributed by atoms with Crippen molar-refractivity contribution in [1.82, 2.24) is 9.97 Å². The van der Waals surface area contributed by atoms with Crippen molar-refractivity contribution >= 4 is 93.1 Å². The molecule has 0 aliphatic heterocycles. The summed E-state index contributed by atoms with van der Waals surface area (Å²) in [5.74, 6) is 0. The molecule has 4 nitrogen and oxygen atoms in total. The van der Waals surface area contributed by atoms with Crippen LogP contribution in [-0.4, -0.2) is 9.97 Å². The summed E-state index contributed by atoms with van der Waals surface area (Å²) in [6.07, 6.45) is 7.52. The summed E-state index contributed by atoms with van der Waals surface area (Å²) in [4.78, 5) is 13.4. The zero-order valence-electron chi connectivity index (χ0n) is 26.4. The third kappa shape index (κ3) is 5.35. The molecule has 2 aromatic heterocycles. The molecule has 0 radical (unpaired) electrons. The highest BCUT2D eigenvalue weighted by Gasteiger charge is 2.23. The summed E-state index contributed by atoms with van der Waals surface area (Å²) in [5, 5.41) is 9.26. The lowest BCUT2D eigenvalue weighted by Gasteiger charge is -2.31. The van der Waals surface area contributed by atoms with Gasteiger partial charge in [0.1, 0.15) is 0 Å². The van der Waals surface area contributed by atoms with E-state index >= 15 is 0 Å². The van der Waals surface area contributed by atoms with Crippen molar-refractivity contribution in [2.24, 2.45) is 0 Å². The fraction of sp³-hybridized carbons (Fsp3) is 0. The van der Waals surface area contributed by atoms with E-state index in [1.54, 1.807) is 0 Å². The molecule has 7 aromatic carbocycles. The van der Waals surface area contributed by atoms with Gasteiger partial charge in [0.05, 0.1) is 15.8 Å². The van der Waals surface area contributed by atoms with Crippen molar-refractivity contribution in [3.8, 4) is 0 Å². The third-order valence-corrected chi connectivity index (χ3v) is 10.00. The largest absolute Gasteiger partial charge is 0.309 e. The van der Waals surface area contributed by atoms with E-state index < -0.39 is 0 Å². The lowest BCUT2D eigenvalue weighted by molar-refractivity contribution is 1.24. The van der Waals surface area contributed by atoms with Crippen molar-refractivity contribution in [2.75, 3.05) is 9.80 Å². The summed E-state index contributed by atoms with van der Waals surface area (Å²) >= 11 is 4.17. The lowest BCUT2D eigenvalue weighted by Crippen LogP contribution is -2.14. The molecule has 0 aliphatic rings. The van der Waals surface area contributed by atoms with E-state index in [4.69, 9.17) is 0 Å². The molecule has 0 bridgehead atoms. The normalized spacial score (nSPS) is 11.4. The Kier molecular flexibility index (Phi) is 7.25. The Labute approximate surface area is 292 Å². The molecule has 9 rings (SSSR count). The molecule has 2 heterocycles. The minimum Gasteiger partial charge on any atom is -0.309 e. The second-order valence-corrected chi connectivity index (χ2v) is 13.0. The summed E-state index contributed by atoms with van der Waals surface area (Å²) in [6, 6.07) is 54.2. The maximum Gasteiger partial charge on any atom is 0.0656 e. The highest BCUT2D eigenvalue weighted by Crippen LogP contribution is 2.48. The zero-order valence-corrected chi connectivity index (χ0v) is 28.0. The van der Waals surface area contributed by atoms with Crippen molar-refractivity contribution in [1.29, 1.82) is 0 Å². The zero-order chi connectivity index (χ0) is 32.7. The van der Waals surface area contributed by atoms with E-state index in [0.29, 0.717) is 0 Å². The molecular weight excluding hydrogens is 664 g/mol. The first-order valence-corrected chi connectivity index (χ1v) is 17.0. The van der Waals surface area contributed by atoms with E-state index in [1.165, 1.54) is 21.5 Å². The van der Waals surface area contributed by atoms with Crippen LogP contribution in [-0.2, 0) is 0 Å². The monoisotopic (exact) mass is 692 g/mol. The Bertz CT molecular complexity index is 2330. The highest BCUT2D eigenvalue weighted by atomic mass is 79.9. The van der Waals surface area contributed by atoms with Gasteiger partial charge in [-0.05, 0) is 121 Å². The summed E-state index contributed by atoms with van der Waals surface area (Å²) in [6.45, 7) is 0. The van der Waals surface area contributed by atoms with Gasteiger partial charge in [0.2, 0.25) is 0 Å². The molecule has 0 saturated carbocycles. The van der Waals surface area contributed by atoms with Gasteiger partial charge in [-0.2, -0.15) is 0 Å². The van der Waals surface area contributed by atoms with Gasteiger partial charge in [-0.25, -0.2) is 0 Å². The number of fused-ring (bicyclic) bond motifs is 4. The van der Waals surface area contributed by atoms with Gasteiger partial charge >= 0.3 is 0 Å². The van der Waals surface area contributed by atoms with E-state index in [9.17, 15) is 0 Å². The van der Waals surface area contributed by atoms with Gasteiger partial charge in [-0.3, -0.25) is 9.97 Å². The third-order valence-electron chi connectivity index (χ3n) is 9.19. The molecule has 232 valence electrons. The van der Waals surface area contributed by atoms with Crippen molar-refractivity contribution in [3.63, 3.8) is 0 Å². The van der Waals surface area contributed by atoms with Crippen LogP contribution in [0, 0.1) is 0 Å². The molecule has 0 spiro atoms. The second-order valence-electron chi connectivity index (χ2n) is 12.2. The Morgan fingerprint density at radius 3 is 1.14 bits per heavy atom. The van der Waals surface area contributed by atoms with Crippen molar-refractivity contribution < 1.29 is 0 Å². The molecule has 0 fully saturated rings. The molecule has 0 atom stereocenters. The number of anilines is 6. The van der Waals surface area contributed by atoms with Crippen LogP contribution in [0.5, 0.6) is 0 Å². The number of aromatic nitrogens is 2. The number of halogens is 1. The van der Waals surface area contributed by atoms with Gasteiger partial charge < -0.3 is 9.80 Å². The maximum atomic E-state index is 4.35. The number of hydrogen-bond donors (Lipinski definition) is 0. The van der Waals surface area contributed by atoms with E-state index in [2.05, 4.69) is 187 Å². The standard InChI is InChI=1S/C44H29BrN4/c45-44-42(48(38-16-12-30-6-1-3-8-32(30)24-38)39-17-13-31-7-2-4-9-33(31)25-39)10-5-11-43(44)49(40-18-14-36-28-46-22-20-34(36)26-40)41-19-15-37-29-47-23-21-35(37)27-41/h1-29H. The first-order chi connectivity index (χ1) is 24.2. The molecule has 0 saturated heterocycles. The summed E-state index contributed by atoms with van der Waals surface area (Å²) in [5.41, 5.74) is 6.30. The van der Waals surface area contributed by atoms with Gasteiger partial charge in [0, 0.05) is 58.3 Å². The van der Waals surface area contributed by atoms with Crippen molar-refractivity contribution in [2.45, 2.75) is 0 Å². The average molecular weight is 694 g/mol. The van der Waals surface area contributed by atoms with Crippen LogP contribution in [0.3, 0.4) is 0 Å². The lowest BCUT2D eigenvalue weighted by atomic mass is 10.1. The first-order valence-electron chi connectivity index (χ1n) is 16.2. The molecule has 0 N–H and O–H groups in total. The van der Waals surface area contributed by atoms with Crippen molar-refractivity contribution in [3.05, 3.63) is 181 Å². The van der Waals surface area contributed by atoms with Gasteiger partial charge in [-0.15, -0.1) is 0 Å². The molecule has 49 heavy (non-hydrogen) atoms. The number of rotatable bonds is 6. The first kappa shape index (κ1) is 29.1. The molecule has 0 unspecified atom stereocenters. The van der Waals surface area contributed by atoms with Crippen LogP contribution in [0.1, 0.15) is 0 Å². The average Bonchev–Trinajstić information content (AvgIpc) is 3.16. The van der Waals surface area contributed by atoms with E-state index in [-0.39, 0.29) is 0 Å². The topological polar surface area (TPSA) is 32.3 Å². The smallest absolute Gasteiger partial charge is 0.0656 e. The Morgan fingerprint density at radius 2 is 0.714 bits per heavy atom. The SMILES string of the molecule is Brc1c(N(c2ccc3ccccc3c2)c2ccc3ccccc3c2)cccc1N(c1ccc2cnccc2c1)c1ccc2cnccc2c1. The van der Waals surface area contributed by atoms with E-state index in [1.807, 2.05) is 24.8 Å². The predicted molar refractivity (Wildman–Crippen MR) is 209 cm³/mol. The molecule has 5 heteroatoms. The fourth-order valence-electron chi connectivity index (χ4n) is 6.76. The molecule has 0 aliphatic carbocycles. The minimum atomic E-state index is 0.973. The molecule has 0 amide bonds. The highest BCUT2D eigenvalue weighted by molar-refractivity contribution is 9.10. The van der Waals surface area contributed by atoms with Crippen LogP contribution < -0.4 is 9.80 Å². The second kappa shape index (κ2) is 12.2. The Hall–Kier alpha value is -6.04. The van der Waals surface area contributed by atoms with Gasteiger partial charge in [0.25, 0.3) is 0 Å². The Balaban J connectivity index is 1.27. The maximum absolute atomic E-state index is 4.35. The quantitative estimate of drug-likeness (QED) is 0.174. The summed E-state index contributed by atoms with van der Waals surface area (Å²) < 4.78 is 0.973. The Morgan fingerprint density at radius 1 is 0.347 bits per heavy atom. The fourth-order valence-corrected chi connectivity index (χ4v) is 7.38. The van der Waals surface area contributed by atoms with Crippen LogP contribution in [0.25, 0.3) is 43.1 Å². The van der Waals surface area contributed by atoms with Crippen LogP contribution >= 0.6 is 15.9 Å². The van der Waals surface area contributed by atoms with Gasteiger partial charge in [-0.1, -0.05) is 78.9 Å². The predicted octanol–water partition coefficient (Wildman–Crippen LogP) is 12.8. The minimum absolute atomic E-state index is 0.973. The molecular formula is C44H29BrN4. The summed E-state index contributed by atoms with van der Waals surface area (Å²) in [7, 11) is 0. The number of benzene rings is 7. The molecule has 9 aromatic rings. The number of nitrogens with zero attached hydrogens (tertiary/aromatic N) is 4. The number of hydrogen-bond acceptors (Lipinski definition) is 4.